The number of amides is 1. The number of likely N-dealkylation sites (N-methyl/N-ethyl adjacent to an activating group) is 1. The van der Waals surface area contributed by atoms with E-state index >= 15 is 0 Å². The van der Waals surface area contributed by atoms with Crippen molar-refractivity contribution in [3.63, 3.8) is 0 Å². The lowest BCUT2D eigenvalue weighted by molar-refractivity contribution is -0.129. The fourth-order valence-corrected chi connectivity index (χ4v) is 2.12. The Morgan fingerprint density at radius 2 is 1.94 bits per heavy atom. The lowest BCUT2D eigenvalue weighted by atomic mass is 10.1. The molecule has 1 aromatic rings. The van der Waals surface area contributed by atoms with Crippen LogP contribution in [0.15, 0.2) is 24.3 Å². The van der Waals surface area contributed by atoms with E-state index in [0.29, 0.717) is 13.0 Å². The van der Waals surface area contributed by atoms with Crippen molar-refractivity contribution in [2.75, 3.05) is 31.6 Å². The zero-order valence-corrected chi connectivity index (χ0v) is 11.0. The second-order valence-corrected chi connectivity index (χ2v) is 4.75. The molecule has 0 spiro atoms. The third-order valence-electron chi connectivity index (χ3n) is 3.49. The van der Waals surface area contributed by atoms with Gasteiger partial charge in [0.25, 0.3) is 0 Å². The summed E-state index contributed by atoms with van der Waals surface area (Å²) in [7, 11) is 1.83. The third kappa shape index (κ3) is 2.64. The molecule has 1 aromatic carbocycles. The topological polar surface area (TPSA) is 43.8 Å². The number of rotatable bonds is 3. The second-order valence-electron chi connectivity index (χ2n) is 4.75. The standard InChI is InChI=1S/C14H20N2O2/c1-3-13(17)11-4-6-12(7-5-11)16-9-8-15(2)14(18)10-16/h4-7,13,17H,3,8-10H2,1-2H3. The van der Waals surface area contributed by atoms with E-state index < -0.39 is 6.10 Å². The lowest BCUT2D eigenvalue weighted by Gasteiger charge is -2.33. The first-order chi connectivity index (χ1) is 8.61. The summed E-state index contributed by atoms with van der Waals surface area (Å²) < 4.78 is 0. The van der Waals surface area contributed by atoms with Crippen LogP contribution < -0.4 is 4.90 Å². The van der Waals surface area contributed by atoms with Gasteiger partial charge < -0.3 is 14.9 Å². The number of carbonyl (C=O) groups excluding carboxylic acids is 1. The van der Waals surface area contributed by atoms with E-state index in [1.165, 1.54) is 0 Å². The van der Waals surface area contributed by atoms with Crippen LogP contribution in [0.3, 0.4) is 0 Å². The Bertz CT molecular complexity index is 416. The van der Waals surface area contributed by atoms with Gasteiger partial charge in [-0.15, -0.1) is 0 Å². The van der Waals surface area contributed by atoms with Crippen molar-refractivity contribution in [2.24, 2.45) is 0 Å². The van der Waals surface area contributed by atoms with Gasteiger partial charge in [-0.05, 0) is 24.1 Å². The van der Waals surface area contributed by atoms with Crippen LogP contribution in [-0.2, 0) is 4.79 Å². The number of aliphatic hydroxyl groups is 1. The Hall–Kier alpha value is -1.55. The molecule has 2 rings (SSSR count). The molecule has 98 valence electrons. The quantitative estimate of drug-likeness (QED) is 0.879. The summed E-state index contributed by atoms with van der Waals surface area (Å²) in [5.74, 6) is 0.152. The van der Waals surface area contributed by atoms with Crippen molar-refractivity contribution in [1.29, 1.82) is 0 Å². The Kier molecular flexibility index (Phi) is 3.87. The molecule has 1 unspecified atom stereocenters. The van der Waals surface area contributed by atoms with Gasteiger partial charge in [0.1, 0.15) is 0 Å². The number of aliphatic hydroxyl groups excluding tert-OH is 1. The van der Waals surface area contributed by atoms with Gasteiger partial charge in [-0.2, -0.15) is 0 Å². The summed E-state index contributed by atoms with van der Waals surface area (Å²) in [6.07, 6.45) is 0.319. The highest BCUT2D eigenvalue weighted by Crippen LogP contribution is 2.21. The zero-order valence-electron chi connectivity index (χ0n) is 11.0. The van der Waals surface area contributed by atoms with E-state index in [2.05, 4.69) is 4.90 Å². The SMILES string of the molecule is CCC(O)c1ccc(N2CCN(C)C(=O)C2)cc1. The molecular weight excluding hydrogens is 228 g/mol. The maximum atomic E-state index is 11.6. The predicted octanol–water partition coefficient (Wildman–Crippen LogP) is 1.41. The number of anilines is 1. The molecule has 0 aliphatic carbocycles. The van der Waals surface area contributed by atoms with Crippen LogP contribution in [0.25, 0.3) is 0 Å². The second kappa shape index (κ2) is 5.40. The normalized spacial score (nSPS) is 18.1. The van der Waals surface area contributed by atoms with E-state index in [9.17, 15) is 9.90 Å². The molecule has 1 aliphatic heterocycles. The molecular formula is C14H20N2O2. The first-order valence-electron chi connectivity index (χ1n) is 6.38. The Balaban J connectivity index is 2.08. The van der Waals surface area contributed by atoms with Gasteiger partial charge >= 0.3 is 0 Å². The van der Waals surface area contributed by atoms with Crippen LogP contribution in [0.5, 0.6) is 0 Å². The van der Waals surface area contributed by atoms with Gasteiger partial charge in [-0.25, -0.2) is 0 Å². The molecule has 1 heterocycles. The van der Waals surface area contributed by atoms with Crippen molar-refractivity contribution < 1.29 is 9.90 Å². The van der Waals surface area contributed by atoms with E-state index in [1.807, 2.05) is 38.2 Å². The van der Waals surface area contributed by atoms with Gasteiger partial charge in [-0.1, -0.05) is 19.1 Å². The average molecular weight is 248 g/mol. The van der Waals surface area contributed by atoms with Crippen LogP contribution in [-0.4, -0.2) is 42.6 Å². The molecule has 18 heavy (non-hydrogen) atoms. The Labute approximate surface area is 108 Å². The highest BCUT2D eigenvalue weighted by Gasteiger charge is 2.21. The van der Waals surface area contributed by atoms with E-state index in [-0.39, 0.29) is 5.91 Å². The van der Waals surface area contributed by atoms with Gasteiger partial charge in [0.15, 0.2) is 0 Å². The van der Waals surface area contributed by atoms with Crippen LogP contribution in [0, 0.1) is 0 Å². The van der Waals surface area contributed by atoms with Crippen LogP contribution in [0.1, 0.15) is 25.0 Å². The van der Waals surface area contributed by atoms with Crippen molar-refractivity contribution in [1.82, 2.24) is 4.90 Å². The van der Waals surface area contributed by atoms with Crippen molar-refractivity contribution >= 4 is 11.6 Å². The molecule has 1 atom stereocenters. The number of nitrogens with zero attached hydrogens (tertiary/aromatic N) is 2. The smallest absolute Gasteiger partial charge is 0.241 e. The van der Waals surface area contributed by atoms with Gasteiger partial charge in [0, 0.05) is 25.8 Å². The fourth-order valence-electron chi connectivity index (χ4n) is 2.12. The Morgan fingerprint density at radius 3 is 2.50 bits per heavy atom. The minimum absolute atomic E-state index is 0.152. The third-order valence-corrected chi connectivity index (χ3v) is 3.49. The van der Waals surface area contributed by atoms with E-state index in [4.69, 9.17) is 0 Å². The molecule has 4 nitrogen and oxygen atoms in total. The van der Waals surface area contributed by atoms with Gasteiger partial charge in [-0.3, -0.25) is 4.79 Å². The summed E-state index contributed by atoms with van der Waals surface area (Å²) in [6, 6.07) is 7.83. The molecule has 4 heteroatoms. The maximum Gasteiger partial charge on any atom is 0.241 e. The highest BCUT2D eigenvalue weighted by molar-refractivity contribution is 5.82. The molecule has 0 radical (unpaired) electrons. The Morgan fingerprint density at radius 1 is 1.28 bits per heavy atom. The van der Waals surface area contributed by atoms with Crippen molar-refractivity contribution in [3.8, 4) is 0 Å². The molecule has 1 saturated heterocycles. The minimum atomic E-state index is -0.395. The first-order valence-corrected chi connectivity index (χ1v) is 6.38. The molecule has 0 saturated carbocycles. The summed E-state index contributed by atoms with van der Waals surface area (Å²) >= 11 is 0. The number of hydrogen-bond acceptors (Lipinski definition) is 3. The fraction of sp³-hybridized carbons (Fsp3) is 0.500. The van der Waals surface area contributed by atoms with E-state index in [0.717, 1.165) is 24.3 Å². The zero-order chi connectivity index (χ0) is 13.1. The minimum Gasteiger partial charge on any atom is -0.388 e. The van der Waals surface area contributed by atoms with Crippen LogP contribution >= 0.6 is 0 Å². The number of carbonyl (C=O) groups is 1. The van der Waals surface area contributed by atoms with Gasteiger partial charge in [0.2, 0.25) is 5.91 Å². The highest BCUT2D eigenvalue weighted by atomic mass is 16.3. The molecule has 1 fully saturated rings. The maximum absolute atomic E-state index is 11.6. The number of benzene rings is 1. The molecule has 1 aliphatic rings. The largest absolute Gasteiger partial charge is 0.388 e. The van der Waals surface area contributed by atoms with Crippen LogP contribution in [0.2, 0.25) is 0 Å². The molecule has 1 N–H and O–H groups in total. The monoisotopic (exact) mass is 248 g/mol. The average Bonchev–Trinajstić information content (AvgIpc) is 2.41. The van der Waals surface area contributed by atoms with Crippen LogP contribution in [0.4, 0.5) is 5.69 Å². The van der Waals surface area contributed by atoms with Crippen molar-refractivity contribution in [2.45, 2.75) is 19.4 Å². The molecule has 0 bridgehead atoms. The van der Waals surface area contributed by atoms with E-state index in [1.54, 1.807) is 4.90 Å². The predicted molar refractivity (Wildman–Crippen MR) is 71.5 cm³/mol. The number of hydrogen-bond donors (Lipinski definition) is 1. The van der Waals surface area contributed by atoms with Gasteiger partial charge in [0.05, 0.1) is 12.6 Å². The number of piperazine rings is 1. The summed E-state index contributed by atoms with van der Waals surface area (Å²) in [6.45, 7) is 4.01. The van der Waals surface area contributed by atoms with Crippen molar-refractivity contribution in [3.05, 3.63) is 29.8 Å². The molecule has 1 amide bonds. The lowest BCUT2D eigenvalue weighted by Crippen LogP contribution is -2.48. The molecule has 0 aromatic heterocycles. The summed E-state index contributed by atoms with van der Waals surface area (Å²) in [5.41, 5.74) is 1.98. The first kappa shape index (κ1) is 12.9. The summed E-state index contributed by atoms with van der Waals surface area (Å²) in [5, 5.41) is 9.73. The summed E-state index contributed by atoms with van der Waals surface area (Å²) in [4.78, 5) is 15.5.